The van der Waals surface area contributed by atoms with Crippen molar-refractivity contribution in [2.24, 2.45) is 5.92 Å². The van der Waals surface area contributed by atoms with E-state index in [1.165, 1.54) is 12.7 Å². The minimum absolute atomic E-state index is 0.220. The number of benzene rings is 2. The normalized spacial score (nSPS) is 12.0. The van der Waals surface area contributed by atoms with Crippen molar-refractivity contribution in [3.05, 3.63) is 72.1 Å². The Morgan fingerprint density at radius 2 is 1.79 bits per heavy atom. The van der Waals surface area contributed by atoms with Gasteiger partial charge in [-0.05, 0) is 29.8 Å². The molecule has 1 unspecified atom stereocenters. The van der Waals surface area contributed by atoms with Gasteiger partial charge in [-0.1, -0.05) is 37.3 Å². The molecule has 1 heterocycles. The van der Waals surface area contributed by atoms with Crippen molar-refractivity contribution >= 4 is 5.97 Å². The predicted octanol–water partition coefficient (Wildman–Crippen LogP) is 4.16. The highest BCUT2D eigenvalue weighted by molar-refractivity contribution is 5.72. The second-order valence-corrected chi connectivity index (χ2v) is 6.95. The first kappa shape index (κ1) is 20.6. The summed E-state index contributed by atoms with van der Waals surface area (Å²) < 4.78 is 15.8. The summed E-state index contributed by atoms with van der Waals surface area (Å²) in [6.45, 7) is 3.70. The highest BCUT2D eigenvalue weighted by atomic mass is 16.5. The van der Waals surface area contributed by atoms with Gasteiger partial charge in [0.15, 0.2) is 0 Å². The minimum Gasteiger partial charge on any atom is -0.497 e. The molecular formula is C23H26N2O4. The van der Waals surface area contributed by atoms with Gasteiger partial charge in [0.25, 0.3) is 0 Å². The maximum Gasteiger partial charge on any atom is 0.309 e. The lowest BCUT2D eigenvalue weighted by Crippen LogP contribution is -2.32. The largest absolute Gasteiger partial charge is 0.497 e. The van der Waals surface area contributed by atoms with Crippen LogP contribution in [0.25, 0.3) is 11.5 Å². The lowest BCUT2D eigenvalue weighted by atomic mass is 10.1. The number of rotatable bonds is 9. The third-order valence-electron chi connectivity index (χ3n) is 4.66. The molecule has 6 nitrogen and oxygen atoms in total. The van der Waals surface area contributed by atoms with Gasteiger partial charge in [0.2, 0.25) is 5.89 Å². The summed E-state index contributed by atoms with van der Waals surface area (Å²) in [5.74, 6) is 0.883. The average Bonchev–Trinajstić information content (AvgIpc) is 3.22. The predicted molar refractivity (Wildman–Crippen MR) is 110 cm³/mol. The molecule has 1 atom stereocenters. The van der Waals surface area contributed by atoms with Gasteiger partial charge in [0, 0.05) is 25.2 Å². The second kappa shape index (κ2) is 9.89. The third kappa shape index (κ3) is 5.68. The van der Waals surface area contributed by atoms with Crippen LogP contribution in [0.15, 0.2) is 65.3 Å². The molecule has 0 saturated carbocycles. The number of nitrogens with zero attached hydrogens (tertiary/aromatic N) is 2. The molecule has 0 aliphatic rings. The first-order chi connectivity index (χ1) is 14.1. The van der Waals surface area contributed by atoms with Gasteiger partial charge < -0.3 is 13.9 Å². The number of carbonyl (C=O) groups is 1. The molecule has 3 rings (SSSR count). The lowest BCUT2D eigenvalue weighted by molar-refractivity contribution is -0.145. The number of esters is 1. The van der Waals surface area contributed by atoms with Crippen LogP contribution in [0.3, 0.4) is 0 Å². The summed E-state index contributed by atoms with van der Waals surface area (Å²) in [4.78, 5) is 18.7. The summed E-state index contributed by atoms with van der Waals surface area (Å²) in [6, 6.07) is 17.7. The molecule has 152 valence electrons. The van der Waals surface area contributed by atoms with Crippen molar-refractivity contribution in [1.82, 2.24) is 9.88 Å². The molecule has 0 bridgehead atoms. The van der Waals surface area contributed by atoms with Crippen LogP contribution < -0.4 is 4.74 Å². The summed E-state index contributed by atoms with van der Waals surface area (Å²) in [5.41, 5.74) is 2.86. The SMILES string of the molecule is COC(=O)C(C)CN(Cc1ccccc1)Cc1coc(-c2ccc(OC)cc2)n1. The van der Waals surface area contributed by atoms with E-state index in [-0.39, 0.29) is 11.9 Å². The molecule has 0 saturated heterocycles. The lowest BCUT2D eigenvalue weighted by Gasteiger charge is -2.24. The van der Waals surface area contributed by atoms with Crippen molar-refractivity contribution in [2.45, 2.75) is 20.0 Å². The van der Waals surface area contributed by atoms with Gasteiger partial charge in [0.1, 0.15) is 12.0 Å². The zero-order valence-electron chi connectivity index (χ0n) is 17.0. The standard InChI is InChI=1S/C23H26N2O4/c1-17(23(26)28-3)13-25(14-18-7-5-4-6-8-18)15-20-16-29-22(24-20)19-9-11-21(27-2)12-10-19/h4-12,16-17H,13-15H2,1-3H3. The number of oxazole rings is 1. The van der Waals surface area contributed by atoms with Crippen LogP contribution in [0.2, 0.25) is 0 Å². The topological polar surface area (TPSA) is 64.8 Å². The van der Waals surface area contributed by atoms with Gasteiger partial charge in [-0.2, -0.15) is 0 Å². The number of carbonyl (C=O) groups excluding carboxylic acids is 1. The number of aromatic nitrogens is 1. The summed E-state index contributed by atoms with van der Waals surface area (Å²) >= 11 is 0. The molecule has 6 heteroatoms. The van der Waals surface area contributed by atoms with Crippen molar-refractivity contribution in [3.8, 4) is 17.2 Å². The molecule has 0 radical (unpaired) electrons. The van der Waals surface area contributed by atoms with E-state index >= 15 is 0 Å². The quantitative estimate of drug-likeness (QED) is 0.508. The first-order valence-corrected chi connectivity index (χ1v) is 9.52. The molecule has 0 spiro atoms. The maximum absolute atomic E-state index is 11.9. The fourth-order valence-corrected chi connectivity index (χ4v) is 3.16. The molecule has 0 aliphatic carbocycles. The van der Waals surface area contributed by atoms with E-state index in [0.29, 0.717) is 25.5 Å². The van der Waals surface area contributed by atoms with Crippen LogP contribution in [0.4, 0.5) is 0 Å². The second-order valence-electron chi connectivity index (χ2n) is 6.95. The highest BCUT2D eigenvalue weighted by Crippen LogP contribution is 2.22. The molecule has 0 aliphatic heterocycles. The number of ether oxygens (including phenoxy) is 2. The maximum atomic E-state index is 11.9. The van der Waals surface area contributed by atoms with E-state index in [2.05, 4.69) is 22.0 Å². The van der Waals surface area contributed by atoms with E-state index in [1.54, 1.807) is 13.4 Å². The summed E-state index contributed by atoms with van der Waals surface area (Å²) in [7, 11) is 3.05. The van der Waals surface area contributed by atoms with Crippen LogP contribution >= 0.6 is 0 Å². The number of hydrogen-bond donors (Lipinski definition) is 0. The van der Waals surface area contributed by atoms with E-state index in [0.717, 1.165) is 17.0 Å². The van der Waals surface area contributed by atoms with E-state index < -0.39 is 0 Å². The van der Waals surface area contributed by atoms with Crippen LogP contribution in [-0.2, 0) is 22.6 Å². The Balaban J connectivity index is 1.74. The molecule has 0 fully saturated rings. The van der Waals surface area contributed by atoms with Gasteiger partial charge in [0.05, 0.1) is 25.8 Å². The molecule has 0 N–H and O–H groups in total. The zero-order chi connectivity index (χ0) is 20.6. The first-order valence-electron chi connectivity index (χ1n) is 9.52. The van der Waals surface area contributed by atoms with Gasteiger partial charge in [-0.25, -0.2) is 4.98 Å². The molecule has 1 aromatic heterocycles. The smallest absolute Gasteiger partial charge is 0.309 e. The Hall–Kier alpha value is -3.12. The Bertz CT molecular complexity index is 906. The Morgan fingerprint density at radius 3 is 2.45 bits per heavy atom. The average molecular weight is 394 g/mol. The fourth-order valence-electron chi connectivity index (χ4n) is 3.16. The molecular weight excluding hydrogens is 368 g/mol. The summed E-state index contributed by atoms with van der Waals surface area (Å²) in [6.07, 6.45) is 1.67. The Morgan fingerprint density at radius 1 is 1.07 bits per heavy atom. The molecule has 0 amide bonds. The van der Waals surface area contributed by atoms with Gasteiger partial charge >= 0.3 is 5.97 Å². The molecule has 29 heavy (non-hydrogen) atoms. The van der Waals surface area contributed by atoms with Crippen molar-refractivity contribution < 1.29 is 18.7 Å². The number of hydrogen-bond acceptors (Lipinski definition) is 6. The Kier molecular flexibility index (Phi) is 7.03. The summed E-state index contributed by atoms with van der Waals surface area (Å²) in [5, 5.41) is 0. The van der Waals surface area contributed by atoms with Crippen LogP contribution in [0.1, 0.15) is 18.2 Å². The number of methoxy groups -OCH3 is 2. The van der Waals surface area contributed by atoms with Crippen LogP contribution in [0, 0.1) is 5.92 Å². The van der Waals surface area contributed by atoms with Crippen LogP contribution in [-0.4, -0.2) is 36.6 Å². The Labute approximate surface area is 171 Å². The highest BCUT2D eigenvalue weighted by Gasteiger charge is 2.19. The van der Waals surface area contributed by atoms with Crippen molar-refractivity contribution in [1.29, 1.82) is 0 Å². The third-order valence-corrected chi connectivity index (χ3v) is 4.66. The zero-order valence-corrected chi connectivity index (χ0v) is 17.0. The van der Waals surface area contributed by atoms with E-state index in [4.69, 9.17) is 13.9 Å². The molecule has 2 aromatic carbocycles. The fraction of sp³-hybridized carbons (Fsp3) is 0.304. The van der Waals surface area contributed by atoms with Gasteiger partial charge in [-0.3, -0.25) is 9.69 Å². The van der Waals surface area contributed by atoms with Crippen LogP contribution in [0.5, 0.6) is 5.75 Å². The van der Waals surface area contributed by atoms with E-state index in [9.17, 15) is 4.79 Å². The van der Waals surface area contributed by atoms with Gasteiger partial charge in [-0.15, -0.1) is 0 Å². The van der Waals surface area contributed by atoms with Crippen molar-refractivity contribution in [2.75, 3.05) is 20.8 Å². The van der Waals surface area contributed by atoms with Crippen molar-refractivity contribution in [3.63, 3.8) is 0 Å². The van der Waals surface area contributed by atoms with E-state index in [1.807, 2.05) is 49.4 Å². The molecule has 3 aromatic rings. The monoisotopic (exact) mass is 394 g/mol. The minimum atomic E-state index is -0.239.